The van der Waals surface area contributed by atoms with Crippen molar-refractivity contribution >= 4 is 37.5 Å². The minimum absolute atomic E-state index is 0.115. The summed E-state index contributed by atoms with van der Waals surface area (Å²) in [7, 11) is 0. The van der Waals surface area contributed by atoms with Crippen molar-refractivity contribution in [2.45, 2.75) is 13.5 Å². The largest absolute Gasteiger partial charge is 0.485 e. The van der Waals surface area contributed by atoms with E-state index in [1.54, 1.807) is 0 Å². The van der Waals surface area contributed by atoms with Gasteiger partial charge < -0.3 is 9.72 Å². The Kier molecular flexibility index (Phi) is 3.58. The molecule has 102 valence electrons. The van der Waals surface area contributed by atoms with Crippen molar-refractivity contribution in [2.75, 3.05) is 0 Å². The second-order valence-electron chi connectivity index (χ2n) is 4.35. The van der Waals surface area contributed by atoms with Gasteiger partial charge in [0, 0.05) is 4.47 Å². The SMILES string of the molecule is Cc1cc(Br)ccc1OCc1nc2ccsc2c(=O)[nH]1. The molecule has 0 bridgehead atoms. The first-order valence-electron chi connectivity index (χ1n) is 5.99. The van der Waals surface area contributed by atoms with E-state index in [0.29, 0.717) is 16.0 Å². The van der Waals surface area contributed by atoms with Crippen molar-refractivity contribution in [1.29, 1.82) is 0 Å². The summed E-state index contributed by atoms with van der Waals surface area (Å²) < 4.78 is 7.36. The quantitative estimate of drug-likeness (QED) is 0.784. The maximum Gasteiger partial charge on any atom is 0.268 e. The number of nitrogens with zero attached hydrogens (tertiary/aromatic N) is 1. The van der Waals surface area contributed by atoms with E-state index in [1.165, 1.54) is 11.3 Å². The summed E-state index contributed by atoms with van der Waals surface area (Å²) in [5, 5.41) is 1.86. The molecule has 1 N–H and O–H groups in total. The van der Waals surface area contributed by atoms with Crippen molar-refractivity contribution in [3.63, 3.8) is 0 Å². The molecular formula is C14H11BrN2O2S. The molecule has 1 aromatic carbocycles. The summed E-state index contributed by atoms with van der Waals surface area (Å²) in [5.41, 5.74) is 1.62. The van der Waals surface area contributed by atoms with E-state index < -0.39 is 0 Å². The summed E-state index contributed by atoms with van der Waals surface area (Å²) in [6.45, 7) is 2.21. The molecule has 4 nitrogen and oxygen atoms in total. The number of nitrogens with one attached hydrogen (secondary N) is 1. The Balaban J connectivity index is 1.84. The normalized spacial score (nSPS) is 10.9. The van der Waals surface area contributed by atoms with Crippen LogP contribution in [0.2, 0.25) is 0 Å². The molecule has 0 aliphatic rings. The van der Waals surface area contributed by atoms with E-state index in [-0.39, 0.29) is 12.2 Å². The van der Waals surface area contributed by atoms with Crippen molar-refractivity contribution in [3.05, 3.63) is 55.9 Å². The Morgan fingerprint density at radius 1 is 1.40 bits per heavy atom. The third-order valence-electron chi connectivity index (χ3n) is 2.87. The van der Waals surface area contributed by atoms with E-state index in [4.69, 9.17) is 4.74 Å². The minimum atomic E-state index is -0.115. The summed E-state index contributed by atoms with van der Waals surface area (Å²) in [4.78, 5) is 19.0. The smallest absolute Gasteiger partial charge is 0.268 e. The Morgan fingerprint density at radius 2 is 2.25 bits per heavy atom. The second-order valence-corrected chi connectivity index (χ2v) is 6.18. The number of rotatable bonds is 3. The summed E-state index contributed by atoms with van der Waals surface area (Å²) in [6.07, 6.45) is 0. The molecule has 0 unspecified atom stereocenters. The van der Waals surface area contributed by atoms with Gasteiger partial charge in [0.25, 0.3) is 5.56 Å². The van der Waals surface area contributed by atoms with Crippen LogP contribution in [0.1, 0.15) is 11.4 Å². The molecule has 2 heterocycles. The number of thiophene rings is 1. The first-order valence-corrected chi connectivity index (χ1v) is 7.66. The Labute approximate surface area is 127 Å². The number of halogens is 1. The van der Waals surface area contributed by atoms with Gasteiger partial charge in [0.2, 0.25) is 0 Å². The number of aromatic nitrogens is 2. The van der Waals surface area contributed by atoms with Crippen LogP contribution in [0.15, 0.2) is 38.9 Å². The third-order valence-corrected chi connectivity index (χ3v) is 4.26. The van der Waals surface area contributed by atoms with Crippen molar-refractivity contribution < 1.29 is 4.74 Å². The van der Waals surface area contributed by atoms with Gasteiger partial charge in [0.05, 0.1) is 5.52 Å². The standard InChI is InChI=1S/C14H11BrN2O2S/c1-8-6-9(15)2-3-11(8)19-7-12-16-10-4-5-20-13(10)14(18)17-12/h2-6H,7H2,1H3,(H,16,17,18). The summed E-state index contributed by atoms with van der Waals surface area (Å²) in [5.74, 6) is 1.31. The lowest BCUT2D eigenvalue weighted by atomic mass is 10.2. The first-order chi connectivity index (χ1) is 9.63. The van der Waals surface area contributed by atoms with Crippen LogP contribution < -0.4 is 10.3 Å². The van der Waals surface area contributed by atoms with Crippen LogP contribution >= 0.6 is 27.3 Å². The van der Waals surface area contributed by atoms with Crippen LogP contribution in [-0.4, -0.2) is 9.97 Å². The Hall–Kier alpha value is -1.66. The zero-order valence-corrected chi connectivity index (χ0v) is 13.0. The topological polar surface area (TPSA) is 55.0 Å². The third kappa shape index (κ3) is 2.62. The fraction of sp³-hybridized carbons (Fsp3) is 0.143. The first kappa shape index (κ1) is 13.3. The number of ether oxygens (including phenoxy) is 1. The number of aromatic amines is 1. The van der Waals surface area contributed by atoms with E-state index >= 15 is 0 Å². The molecule has 0 aliphatic heterocycles. The average molecular weight is 351 g/mol. The lowest BCUT2D eigenvalue weighted by Gasteiger charge is -2.08. The Bertz CT molecular complexity index is 825. The summed E-state index contributed by atoms with van der Waals surface area (Å²) in [6, 6.07) is 7.62. The fourth-order valence-corrected chi connectivity index (χ4v) is 3.11. The highest BCUT2D eigenvalue weighted by Gasteiger charge is 2.06. The molecule has 0 aliphatic carbocycles. The number of H-pyrrole nitrogens is 1. The molecule has 0 saturated heterocycles. The summed E-state index contributed by atoms with van der Waals surface area (Å²) >= 11 is 4.80. The molecular weight excluding hydrogens is 340 g/mol. The van der Waals surface area contributed by atoms with Crippen LogP contribution in [0.25, 0.3) is 10.2 Å². The number of hydrogen-bond donors (Lipinski definition) is 1. The van der Waals surface area contributed by atoms with E-state index in [0.717, 1.165) is 15.8 Å². The maximum absolute atomic E-state index is 11.8. The lowest BCUT2D eigenvalue weighted by molar-refractivity contribution is 0.294. The molecule has 3 aromatic rings. The molecule has 6 heteroatoms. The second kappa shape index (κ2) is 5.38. The molecule has 3 rings (SSSR count). The molecule has 0 spiro atoms. The van der Waals surface area contributed by atoms with Crippen LogP contribution in [0.3, 0.4) is 0 Å². The fourth-order valence-electron chi connectivity index (χ4n) is 1.91. The zero-order chi connectivity index (χ0) is 14.1. The van der Waals surface area contributed by atoms with Crippen LogP contribution in [0.4, 0.5) is 0 Å². The molecule has 0 atom stereocenters. The van der Waals surface area contributed by atoms with Crippen molar-refractivity contribution in [1.82, 2.24) is 9.97 Å². The van der Waals surface area contributed by atoms with Crippen LogP contribution in [0.5, 0.6) is 5.75 Å². The zero-order valence-electron chi connectivity index (χ0n) is 10.6. The van der Waals surface area contributed by atoms with E-state index in [1.807, 2.05) is 36.6 Å². The van der Waals surface area contributed by atoms with Gasteiger partial charge in [-0.3, -0.25) is 4.79 Å². The van der Waals surface area contributed by atoms with Crippen LogP contribution in [0, 0.1) is 6.92 Å². The van der Waals surface area contributed by atoms with Crippen molar-refractivity contribution in [2.24, 2.45) is 0 Å². The van der Waals surface area contributed by atoms with Crippen LogP contribution in [-0.2, 0) is 6.61 Å². The van der Waals surface area contributed by atoms with Gasteiger partial charge >= 0.3 is 0 Å². The number of fused-ring (bicyclic) bond motifs is 1. The molecule has 0 saturated carbocycles. The van der Waals surface area contributed by atoms with Gasteiger partial charge in [-0.15, -0.1) is 11.3 Å². The molecule has 0 amide bonds. The van der Waals surface area contributed by atoms with E-state index in [9.17, 15) is 4.79 Å². The Morgan fingerprint density at radius 3 is 3.05 bits per heavy atom. The highest BCUT2D eigenvalue weighted by Crippen LogP contribution is 2.23. The highest BCUT2D eigenvalue weighted by molar-refractivity contribution is 9.10. The number of aryl methyl sites for hydroxylation is 1. The molecule has 20 heavy (non-hydrogen) atoms. The predicted octanol–water partition coefficient (Wildman–Crippen LogP) is 3.63. The maximum atomic E-state index is 11.8. The van der Waals surface area contributed by atoms with Crippen molar-refractivity contribution in [3.8, 4) is 5.75 Å². The molecule has 2 aromatic heterocycles. The van der Waals surface area contributed by atoms with Gasteiger partial charge in [0.15, 0.2) is 0 Å². The lowest BCUT2D eigenvalue weighted by Crippen LogP contribution is -2.12. The minimum Gasteiger partial charge on any atom is -0.485 e. The van der Waals surface area contributed by atoms with Gasteiger partial charge in [-0.1, -0.05) is 15.9 Å². The van der Waals surface area contributed by atoms with E-state index in [2.05, 4.69) is 25.9 Å². The molecule has 0 radical (unpaired) electrons. The monoisotopic (exact) mass is 350 g/mol. The molecule has 0 fully saturated rings. The van der Waals surface area contributed by atoms with Gasteiger partial charge in [-0.25, -0.2) is 4.98 Å². The van der Waals surface area contributed by atoms with Gasteiger partial charge in [0.1, 0.15) is 22.9 Å². The van der Waals surface area contributed by atoms with Gasteiger partial charge in [-0.05, 0) is 42.1 Å². The van der Waals surface area contributed by atoms with Gasteiger partial charge in [-0.2, -0.15) is 0 Å². The predicted molar refractivity (Wildman–Crippen MR) is 83.5 cm³/mol. The number of hydrogen-bond acceptors (Lipinski definition) is 4. The highest BCUT2D eigenvalue weighted by atomic mass is 79.9. The average Bonchev–Trinajstić information content (AvgIpc) is 2.86. The number of benzene rings is 1.